The van der Waals surface area contributed by atoms with E-state index in [0.29, 0.717) is 35.2 Å². The molecule has 0 unspecified atom stereocenters. The fraction of sp³-hybridized carbons (Fsp3) is 0.263. The number of rotatable bonds is 8. The number of benzene rings is 2. The van der Waals surface area contributed by atoms with Crippen LogP contribution in [0, 0.1) is 0 Å². The highest BCUT2D eigenvalue weighted by molar-refractivity contribution is 6.30. The Morgan fingerprint density at radius 2 is 1.81 bits per heavy atom. The van der Waals surface area contributed by atoms with Crippen LogP contribution in [0.1, 0.15) is 22.8 Å². The van der Waals surface area contributed by atoms with Crippen molar-refractivity contribution in [3.63, 3.8) is 0 Å². The largest absolute Gasteiger partial charge is 0.493 e. The summed E-state index contributed by atoms with van der Waals surface area (Å²) in [5, 5.41) is 9.11. The standard InChI is InChI=1S/C19H20ClNO5/c1-3-25-17-10-14(20)6-9-16(17)19(24)21(2)11-13-4-7-15(8-5-13)26-12-18(22)23/h4-10H,3,11-12H2,1-2H3,(H,22,23). The first-order valence-corrected chi connectivity index (χ1v) is 8.40. The second-order valence-corrected chi connectivity index (χ2v) is 6.00. The quantitative estimate of drug-likeness (QED) is 0.762. The highest BCUT2D eigenvalue weighted by atomic mass is 35.5. The Kier molecular flexibility index (Phi) is 6.86. The molecule has 1 N–H and O–H groups in total. The molecule has 0 fully saturated rings. The van der Waals surface area contributed by atoms with Crippen molar-refractivity contribution in [3.8, 4) is 11.5 Å². The van der Waals surface area contributed by atoms with Crippen LogP contribution in [0.5, 0.6) is 11.5 Å². The molecule has 2 aromatic carbocycles. The average Bonchev–Trinajstić information content (AvgIpc) is 2.61. The molecule has 0 aliphatic carbocycles. The molecular weight excluding hydrogens is 358 g/mol. The predicted molar refractivity (Wildman–Crippen MR) is 98.0 cm³/mol. The topological polar surface area (TPSA) is 76.1 Å². The number of hydrogen-bond donors (Lipinski definition) is 1. The zero-order valence-corrected chi connectivity index (χ0v) is 15.3. The van der Waals surface area contributed by atoms with Crippen molar-refractivity contribution in [2.45, 2.75) is 13.5 Å². The van der Waals surface area contributed by atoms with Crippen molar-refractivity contribution in [2.24, 2.45) is 0 Å². The van der Waals surface area contributed by atoms with Crippen LogP contribution in [0.15, 0.2) is 42.5 Å². The normalized spacial score (nSPS) is 10.3. The van der Waals surface area contributed by atoms with E-state index in [2.05, 4.69) is 0 Å². The van der Waals surface area contributed by atoms with Crippen LogP contribution in [-0.4, -0.2) is 42.1 Å². The molecule has 1 amide bonds. The molecule has 0 radical (unpaired) electrons. The molecule has 0 atom stereocenters. The van der Waals surface area contributed by atoms with Gasteiger partial charge in [-0.15, -0.1) is 0 Å². The third-order valence-electron chi connectivity index (χ3n) is 3.53. The average molecular weight is 378 g/mol. The van der Waals surface area contributed by atoms with Crippen LogP contribution >= 0.6 is 11.6 Å². The third-order valence-corrected chi connectivity index (χ3v) is 3.76. The minimum atomic E-state index is -1.03. The summed E-state index contributed by atoms with van der Waals surface area (Å²) in [6.45, 7) is 2.26. The van der Waals surface area contributed by atoms with Crippen LogP contribution < -0.4 is 9.47 Å². The number of halogens is 1. The van der Waals surface area contributed by atoms with Gasteiger partial charge in [0.2, 0.25) is 0 Å². The summed E-state index contributed by atoms with van der Waals surface area (Å²) in [4.78, 5) is 24.8. The van der Waals surface area contributed by atoms with Gasteiger partial charge in [-0.2, -0.15) is 0 Å². The number of aliphatic carboxylic acids is 1. The van der Waals surface area contributed by atoms with Crippen molar-refractivity contribution < 1.29 is 24.2 Å². The first-order valence-electron chi connectivity index (χ1n) is 8.02. The molecule has 7 heteroatoms. The second-order valence-electron chi connectivity index (χ2n) is 5.56. The number of carboxylic acid groups (broad SMARTS) is 1. The number of hydrogen-bond acceptors (Lipinski definition) is 4. The van der Waals surface area contributed by atoms with Gasteiger partial charge >= 0.3 is 5.97 Å². The van der Waals surface area contributed by atoms with Crippen molar-refractivity contribution in [1.29, 1.82) is 0 Å². The van der Waals surface area contributed by atoms with E-state index >= 15 is 0 Å². The zero-order chi connectivity index (χ0) is 19.1. The van der Waals surface area contributed by atoms with E-state index in [1.165, 1.54) is 0 Å². The van der Waals surface area contributed by atoms with Gasteiger partial charge in [-0.05, 0) is 42.8 Å². The molecule has 6 nitrogen and oxygen atoms in total. The molecular formula is C19H20ClNO5. The number of carbonyl (C=O) groups excluding carboxylic acids is 1. The molecule has 138 valence electrons. The molecule has 0 aliphatic heterocycles. The Bertz CT molecular complexity index is 776. The van der Waals surface area contributed by atoms with Gasteiger partial charge < -0.3 is 19.5 Å². The van der Waals surface area contributed by atoms with Crippen LogP contribution in [0.3, 0.4) is 0 Å². The van der Waals surface area contributed by atoms with Crippen LogP contribution in [-0.2, 0) is 11.3 Å². The Labute approximate surface area is 156 Å². The summed E-state index contributed by atoms with van der Waals surface area (Å²) in [6.07, 6.45) is 0. The van der Waals surface area contributed by atoms with Gasteiger partial charge in [-0.25, -0.2) is 4.79 Å². The fourth-order valence-corrected chi connectivity index (χ4v) is 2.50. The minimum absolute atomic E-state index is 0.184. The summed E-state index contributed by atoms with van der Waals surface area (Å²) in [5.74, 6) is -0.306. The first-order chi connectivity index (χ1) is 12.4. The molecule has 0 spiro atoms. The number of carboxylic acids is 1. The zero-order valence-electron chi connectivity index (χ0n) is 14.6. The molecule has 0 saturated heterocycles. The van der Waals surface area contributed by atoms with Crippen LogP contribution in [0.4, 0.5) is 0 Å². The highest BCUT2D eigenvalue weighted by Crippen LogP contribution is 2.25. The van der Waals surface area contributed by atoms with Crippen LogP contribution in [0.25, 0.3) is 0 Å². The molecule has 0 heterocycles. The number of ether oxygens (including phenoxy) is 2. The Morgan fingerprint density at radius 1 is 1.12 bits per heavy atom. The van der Waals surface area contributed by atoms with E-state index in [4.69, 9.17) is 26.2 Å². The molecule has 26 heavy (non-hydrogen) atoms. The lowest BCUT2D eigenvalue weighted by molar-refractivity contribution is -0.139. The predicted octanol–water partition coefficient (Wildman–Crippen LogP) is 3.47. The van der Waals surface area contributed by atoms with Crippen molar-refractivity contribution in [2.75, 3.05) is 20.3 Å². The van der Waals surface area contributed by atoms with Gasteiger partial charge in [-0.1, -0.05) is 23.7 Å². The third kappa shape index (κ3) is 5.39. The monoisotopic (exact) mass is 377 g/mol. The maximum Gasteiger partial charge on any atom is 0.341 e. The summed E-state index contributed by atoms with van der Waals surface area (Å²) in [6, 6.07) is 11.8. The Morgan fingerprint density at radius 3 is 2.42 bits per heavy atom. The van der Waals surface area contributed by atoms with E-state index in [1.54, 1.807) is 54.4 Å². The fourth-order valence-electron chi connectivity index (χ4n) is 2.34. The number of nitrogens with zero attached hydrogens (tertiary/aromatic N) is 1. The van der Waals surface area contributed by atoms with Gasteiger partial charge in [0.1, 0.15) is 11.5 Å². The molecule has 0 saturated carbocycles. The van der Waals surface area contributed by atoms with Gasteiger partial charge in [-0.3, -0.25) is 4.79 Å². The maximum atomic E-state index is 12.7. The van der Waals surface area contributed by atoms with E-state index in [1.807, 2.05) is 6.92 Å². The van der Waals surface area contributed by atoms with Gasteiger partial charge in [0.15, 0.2) is 6.61 Å². The summed E-state index contributed by atoms with van der Waals surface area (Å²) in [7, 11) is 1.70. The lowest BCUT2D eigenvalue weighted by atomic mass is 10.1. The number of amides is 1. The SMILES string of the molecule is CCOc1cc(Cl)ccc1C(=O)N(C)Cc1ccc(OCC(=O)O)cc1. The summed E-state index contributed by atoms with van der Waals surface area (Å²) >= 11 is 5.97. The van der Waals surface area contributed by atoms with E-state index in [-0.39, 0.29) is 5.91 Å². The molecule has 0 aromatic heterocycles. The lowest BCUT2D eigenvalue weighted by Gasteiger charge is -2.19. The van der Waals surface area contributed by atoms with Crippen molar-refractivity contribution in [1.82, 2.24) is 4.90 Å². The number of carbonyl (C=O) groups is 2. The van der Waals surface area contributed by atoms with Crippen LogP contribution in [0.2, 0.25) is 5.02 Å². The first kappa shape index (κ1) is 19.6. The van der Waals surface area contributed by atoms with E-state index < -0.39 is 12.6 Å². The maximum absolute atomic E-state index is 12.7. The molecule has 0 aliphatic rings. The molecule has 0 bridgehead atoms. The lowest BCUT2D eigenvalue weighted by Crippen LogP contribution is -2.26. The van der Waals surface area contributed by atoms with Gasteiger partial charge in [0, 0.05) is 18.6 Å². The molecule has 2 rings (SSSR count). The summed E-state index contributed by atoms with van der Waals surface area (Å²) in [5.41, 5.74) is 1.33. The van der Waals surface area contributed by atoms with E-state index in [0.717, 1.165) is 5.56 Å². The smallest absolute Gasteiger partial charge is 0.341 e. The van der Waals surface area contributed by atoms with Crippen molar-refractivity contribution >= 4 is 23.5 Å². The summed E-state index contributed by atoms with van der Waals surface area (Å²) < 4.78 is 10.6. The van der Waals surface area contributed by atoms with Gasteiger partial charge in [0.05, 0.1) is 12.2 Å². The minimum Gasteiger partial charge on any atom is -0.493 e. The highest BCUT2D eigenvalue weighted by Gasteiger charge is 2.17. The Hall–Kier alpha value is -2.73. The van der Waals surface area contributed by atoms with Gasteiger partial charge in [0.25, 0.3) is 5.91 Å². The second kappa shape index (κ2) is 9.10. The molecule has 2 aromatic rings. The van der Waals surface area contributed by atoms with Crippen molar-refractivity contribution in [3.05, 3.63) is 58.6 Å². The Balaban J connectivity index is 2.06. The van der Waals surface area contributed by atoms with E-state index in [9.17, 15) is 9.59 Å².